The summed E-state index contributed by atoms with van der Waals surface area (Å²) in [6, 6.07) is 0. The third-order valence-electron chi connectivity index (χ3n) is 8.34. The van der Waals surface area contributed by atoms with Crippen molar-refractivity contribution in [1.29, 1.82) is 0 Å². The van der Waals surface area contributed by atoms with Crippen LogP contribution < -0.4 is 0 Å². The highest BCUT2D eigenvalue weighted by Crippen LogP contribution is 2.43. The summed E-state index contributed by atoms with van der Waals surface area (Å²) in [5.41, 5.74) is 0.562. The molecule has 8 heteroatoms. The van der Waals surface area contributed by atoms with Gasteiger partial charge >= 0.3 is 0 Å². The molecule has 206 valence electrons. The van der Waals surface area contributed by atoms with Crippen LogP contribution in [0, 0.1) is 0 Å². The highest BCUT2D eigenvalue weighted by Gasteiger charge is 2.50. The van der Waals surface area contributed by atoms with E-state index in [1.165, 1.54) is 0 Å². The zero-order chi connectivity index (χ0) is 28.4. The van der Waals surface area contributed by atoms with Crippen LogP contribution in [0.25, 0.3) is 0 Å². The molecular weight excluding hydrogens is 489 g/mol. The predicted octanol–water partition coefficient (Wildman–Crippen LogP) is 7.89. The van der Waals surface area contributed by atoms with Gasteiger partial charge in [0.2, 0.25) is 0 Å². The van der Waals surface area contributed by atoms with Gasteiger partial charge in [0.25, 0.3) is 0 Å². The smallest absolute Gasteiger partial charge is 0.193 e. The fourth-order valence-corrected chi connectivity index (χ4v) is 6.52. The standard InChI is InChI=1S/C27H56O5Si3/c1-20(19-28)18-22(30-33(12,13)25(3,4)5)24(32-35(16,17)27(9,10)11)23(21(2)29)31-34(14,15)26(6,7)8/h18-19,22-24H,1-17H3/b20-18+/t22-,23-,24+/m0/s1. The minimum absolute atomic E-state index is 0.0539. The molecule has 3 atom stereocenters. The molecule has 0 aliphatic carbocycles. The summed E-state index contributed by atoms with van der Waals surface area (Å²) < 4.78 is 20.7. The first kappa shape index (κ1) is 34.6. The van der Waals surface area contributed by atoms with Crippen LogP contribution >= 0.6 is 0 Å². The molecule has 5 nitrogen and oxygen atoms in total. The van der Waals surface area contributed by atoms with Gasteiger partial charge in [0.05, 0.1) is 6.10 Å². The van der Waals surface area contributed by atoms with Gasteiger partial charge in [-0.15, -0.1) is 0 Å². The fraction of sp³-hybridized carbons (Fsp3) is 0.852. The number of rotatable bonds is 11. The maximum Gasteiger partial charge on any atom is 0.193 e. The molecule has 0 aromatic carbocycles. The van der Waals surface area contributed by atoms with E-state index < -0.39 is 43.3 Å². The number of ketones is 1. The molecule has 0 saturated heterocycles. The first-order valence-corrected chi connectivity index (χ1v) is 21.6. The lowest BCUT2D eigenvalue weighted by molar-refractivity contribution is -0.131. The summed E-state index contributed by atoms with van der Waals surface area (Å²) in [6.07, 6.45) is 0.676. The molecule has 0 aromatic rings. The van der Waals surface area contributed by atoms with Crippen molar-refractivity contribution >= 4 is 37.0 Å². The average Bonchev–Trinajstić information content (AvgIpc) is 2.60. The van der Waals surface area contributed by atoms with E-state index in [0.717, 1.165) is 6.29 Å². The van der Waals surface area contributed by atoms with Gasteiger partial charge in [0.1, 0.15) is 18.5 Å². The van der Waals surface area contributed by atoms with E-state index in [1.54, 1.807) is 13.8 Å². The molecule has 0 aliphatic rings. The summed E-state index contributed by atoms with van der Waals surface area (Å²) in [6.45, 7) is 36.0. The molecular formula is C27H56O5Si3. The van der Waals surface area contributed by atoms with Crippen molar-refractivity contribution in [3.8, 4) is 0 Å². The van der Waals surface area contributed by atoms with Crippen molar-refractivity contribution in [2.24, 2.45) is 0 Å². The fourth-order valence-electron chi connectivity index (χ4n) is 2.70. The topological polar surface area (TPSA) is 61.8 Å². The Balaban J connectivity index is 7.05. The number of carbonyl (C=O) groups is 2. The Labute approximate surface area is 220 Å². The summed E-state index contributed by atoms with van der Waals surface area (Å²) >= 11 is 0. The maximum absolute atomic E-state index is 13.2. The molecule has 0 aliphatic heterocycles. The normalized spacial score (nSPS) is 17.7. The molecule has 0 N–H and O–H groups in total. The highest BCUT2D eigenvalue weighted by atomic mass is 28.4. The minimum atomic E-state index is -2.34. The van der Waals surface area contributed by atoms with Gasteiger partial charge in [0.15, 0.2) is 30.7 Å². The van der Waals surface area contributed by atoms with Crippen LogP contribution in [0.4, 0.5) is 0 Å². The molecule has 0 fully saturated rings. The summed E-state index contributed by atoms with van der Waals surface area (Å²) in [5.74, 6) is -0.0699. The molecule has 0 rings (SSSR count). The quantitative estimate of drug-likeness (QED) is 0.150. The van der Waals surface area contributed by atoms with Crippen LogP contribution in [0.5, 0.6) is 0 Å². The van der Waals surface area contributed by atoms with Crippen molar-refractivity contribution in [1.82, 2.24) is 0 Å². The van der Waals surface area contributed by atoms with Crippen LogP contribution in [0.15, 0.2) is 11.6 Å². The Morgan fingerprint density at radius 3 is 1.31 bits per heavy atom. The van der Waals surface area contributed by atoms with E-state index in [9.17, 15) is 9.59 Å². The monoisotopic (exact) mass is 544 g/mol. The lowest BCUT2D eigenvalue weighted by Crippen LogP contribution is -2.59. The summed E-state index contributed by atoms with van der Waals surface area (Å²) in [7, 11) is -6.95. The first-order chi connectivity index (χ1) is 15.2. The summed E-state index contributed by atoms with van der Waals surface area (Å²) in [4.78, 5) is 24.9. The average molecular weight is 545 g/mol. The first-order valence-electron chi connectivity index (χ1n) is 12.9. The Morgan fingerprint density at radius 1 is 0.657 bits per heavy atom. The van der Waals surface area contributed by atoms with Crippen LogP contribution in [-0.2, 0) is 22.9 Å². The van der Waals surface area contributed by atoms with Crippen LogP contribution in [0.1, 0.15) is 76.2 Å². The molecule has 0 spiro atoms. The molecule has 0 saturated carbocycles. The second-order valence-corrected chi connectivity index (χ2v) is 28.9. The number of allylic oxidation sites excluding steroid dienone is 1. The zero-order valence-electron chi connectivity index (χ0n) is 25.9. The molecule has 0 amide bonds. The highest BCUT2D eigenvalue weighted by molar-refractivity contribution is 6.75. The largest absolute Gasteiger partial charge is 0.408 e. The third kappa shape index (κ3) is 9.45. The maximum atomic E-state index is 13.2. The van der Waals surface area contributed by atoms with E-state index in [1.807, 2.05) is 6.08 Å². The zero-order valence-corrected chi connectivity index (χ0v) is 28.9. The van der Waals surface area contributed by atoms with Gasteiger partial charge in [0, 0.05) is 0 Å². The molecule has 0 bridgehead atoms. The second kappa shape index (κ2) is 11.6. The van der Waals surface area contributed by atoms with Crippen molar-refractivity contribution < 1.29 is 22.9 Å². The van der Waals surface area contributed by atoms with E-state index >= 15 is 0 Å². The van der Waals surface area contributed by atoms with Crippen LogP contribution in [0.2, 0.25) is 54.4 Å². The lowest BCUT2D eigenvalue weighted by atomic mass is 10.0. The van der Waals surface area contributed by atoms with E-state index in [0.29, 0.717) is 5.57 Å². The van der Waals surface area contributed by atoms with Crippen molar-refractivity contribution in [2.45, 2.75) is 149 Å². The van der Waals surface area contributed by atoms with Crippen molar-refractivity contribution in [2.75, 3.05) is 0 Å². The second-order valence-electron chi connectivity index (χ2n) is 14.6. The van der Waals surface area contributed by atoms with Crippen LogP contribution in [0.3, 0.4) is 0 Å². The van der Waals surface area contributed by atoms with Gasteiger partial charge in [-0.25, -0.2) is 0 Å². The van der Waals surface area contributed by atoms with Gasteiger partial charge in [-0.3, -0.25) is 9.59 Å². The van der Waals surface area contributed by atoms with Gasteiger partial charge < -0.3 is 13.3 Å². The Kier molecular flexibility index (Phi) is 11.4. The van der Waals surface area contributed by atoms with Crippen molar-refractivity contribution in [3.63, 3.8) is 0 Å². The van der Waals surface area contributed by atoms with E-state index in [2.05, 4.69) is 102 Å². The molecule has 0 aromatic heterocycles. The van der Waals surface area contributed by atoms with Gasteiger partial charge in [-0.2, -0.15) is 0 Å². The molecule has 0 unspecified atom stereocenters. The van der Waals surface area contributed by atoms with Gasteiger partial charge in [-0.05, 0) is 79.9 Å². The van der Waals surface area contributed by atoms with E-state index in [-0.39, 0.29) is 20.9 Å². The Morgan fingerprint density at radius 2 is 1.00 bits per heavy atom. The predicted molar refractivity (Wildman–Crippen MR) is 157 cm³/mol. The number of hydrogen-bond acceptors (Lipinski definition) is 5. The molecule has 0 radical (unpaired) electrons. The number of carbonyl (C=O) groups excluding carboxylic acids is 2. The summed E-state index contributed by atoms with van der Waals surface area (Å²) in [5, 5.41) is -0.206. The SMILES string of the molecule is CC(=O)[C@H](O[Si](C)(C)C(C)(C)C)[C@H](O[Si](C)(C)C(C)(C)C)[C@H](/C=C(\C)C=O)O[Si](C)(C)C(C)(C)C. The number of hydrogen-bond donors (Lipinski definition) is 0. The van der Waals surface area contributed by atoms with Crippen LogP contribution in [-0.4, -0.2) is 55.3 Å². The van der Waals surface area contributed by atoms with Gasteiger partial charge in [-0.1, -0.05) is 62.3 Å². The van der Waals surface area contributed by atoms with Crippen molar-refractivity contribution in [3.05, 3.63) is 11.6 Å². The Hall–Kier alpha value is -0.389. The molecule has 35 heavy (non-hydrogen) atoms. The molecule has 0 heterocycles. The third-order valence-corrected chi connectivity index (χ3v) is 21.7. The number of Topliss-reactive ketones (excluding diaryl/α,β-unsaturated/α-hetero) is 1. The lowest BCUT2D eigenvalue weighted by Gasteiger charge is -2.48. The number of aldehydes is 1. The minimum Gasteiger partial charge on any atom is -0.408 e. The van der Waals surface area contributed by atoms with E-state index in [4.69, 9.17) is 13.3 Å². The Bertz CT molecular complexity index is 765.